The van der Waals surface area contributed by atoms with Crippen LogP contribution in [-0.4, -0.2) is 17.8 Å². The maximum absolute atomic E-state index is 12.6. The van der Waals surface area contributed by atoms with Crippen LogP contribution in [0.1, 0.15) is 51.0 Å². The Balaban J connectivity index is 1.98. The molecule has 1 saturated carbocycles. The molecule has 1 aromatic carbocycles. The molecule has 1 fully saturated rings. The van der Waals surface area contributed by atoms with Crippen LogP contribution in [0.2, 0.25) is 0 Å². The van der Waals surface area contributed by atoms with E-state index in [9.17, 15) is 4.79 Å². The second-order valence-corrected chi connectivity index (χ2v) is 6.91. The Kier molecular flexibility index (Phi) is 6.10. The molecule has 0 heterocycles. The highest BCUT2D eigenvalue weighted by Crippen LogP contribution is 2.30. The van der Waals surface area contributed by atoms with E-state index < -0.39 is 0 Å². The normalized spacial score (nSPS) is 24.5. The van der Waals surface area contributed by atoms with E-state index in [2.05, 4.69) is 31.3 Å². The molecule has 2 nitrogen and oxygen atoms in total. The number of amides is 1. The molecule has 116 valence electrons. The van der Waals surface area contributed by atoms with Gasteiger partial charge in [0.25, 0.3) is 0 Å². The largest absolute Gasteiger partial charge is 0.355 e. The molecule has 0 aliphatic heterocycles. The summed E-state index contributed by atoms with van der Waals surface area (Å²) in [5.74, 6) is 1.000. The fourth-order valence-electron chi connectivity index (χ4n) is 3.19. The zero-order valence-corrected chi connectivity index (χ0v) is 13.8. The van der Waals surface area contributed by atoms with E-state index in [1.54, 1.807) is 0 Å². The molecule has 0 saturated heterocycles. The zero-order valence-electron chi connectivity index (χ0n) is 13.0. The minimum absolute atomic E-state index is 0.0515. The summed E-state index contributed by atoms with van der Waals surface area (Å²) in [4.78, 5) is 12.6. The van der Waals surface area contributed by atoms with E-state index in [1.807, 2.05) is 18.2 Å². The van der Waals surface area contributed by atoms with E-state index >= 15 is 0 Å². The van der Waals surface area contributed by atoms with Crippen molar-refractivity contribution in [2.24, 2.45) is 11.8 Å². The first-order chi connectivity index (χ1) is 10.1. The van der Waals surface area contributed by atoms with E-state index in [1.165, 1.54) is 0 Å². The number of benzene rings is 1. The Bertz CT molecular complexity index is 448. The first kappa shape index (κ1) is 16.4. The highest BCUT2D eigenvalue weighted by Gasteiger charge is 2.28. The smallest absolute Gasteiger partial charge is 0.227 e. The van der Waals surface area contributed by atoms with Crippen LogP contribution in [0.3, 0.4) is 0 Å². The number of carbonyl (C=O) groups excluding carboxylic acids is 1. The van der Waals surface area contributed by atoms with E-state index in [4.69, 9.17) is 11.6 Å². The Morgan fingerprint density at radius 2 is 2.05 bits per heavy atom. The van der Waals surface area contributed by atoms with Gasteiger partial charge in [-0.25, -0.2) is 0 Å². The molecule has 1 amide bonds. The van der Waals surface area contributed by atoms with Gasteiger partial charge in [-0.05, 0) is 36.7 Å². The van der Waals surface area contributed by atoms with Gasteiger partial charge in [0.05, 0.1) is 5.92 Å². The maximum Gasteiger partial charge on any atom is 0.227 e. The predicted molar refractivity (Wildman–Crippen MR) is 88.6 cm³/mol. The highest BCUT2D eigenvalue weighted by molar-refractivity contribution is 6.20. The van der Waals surface area contributed by atoms with E-state index in [0.717, 1.165) is 37.8 Å². The fraction of sp³-hybridized carbons (Fsp3) is 0.611. The van der Waals surface area contributed by atoms with Crippen LogP contribution in [0.4, 0.5) is 0 Å². The molecule has 1 aromatic rings. The van der Waals surface area contributed by atoms with Gasteiger partial charge in [-0.2, -0.15) is 0 Å². The first-order valence-electron chi connectivity index (χ1n) is 8.08. The third-order valence-electron chi connectivity index (χ3n) is 4.70. The van der Waals surface area contributed by atoms with Crippen LogP contribution < -0.4 is 5.32 Å². The molecule has 0 spiro atoms. The Morgan fingerprint density at radius 1 is 1.33 bits per heavy atom. The van der Waals surface area contributed by atoms with Gasteiger partial charge in [0.15, 0.2) is 0 Å². The van der Waals surface area contributed by atoms with Crippen LogP contribution in [0.15, 0.2) is 30.3 Å². The summed E-state index contributed by atoms with van der Waals surface area (Å²) in [5.41, 5.74) is 1.12. The van der Waals surface area contributed by atoms with Crippen molar-refractivity contribution in [3.8, 4) is 0 Å². The minimum atomic E-state index is -0.0515. The van der Waals surface area contributed by atoms with Gasteiger partial charge in [-0.1, -0.05) is 50.6 Å². The molecule has 3 heteroatoms. The van der Waals surface area contributed by atoms with Crippen LogP contribution in [-0.2, 0) is 4.79 Å². The number of carbonyl (C=O) groups is 1. The number of nitrogens with one attached hydrogen (secondary N) is 1. The quantitative estimate of drug-likeness (QED) is 0.778. The molecule has 1 N–H and O–H groups in total. The van der Waals surface area contributed by atoms with Crippen molar-refractivity contribution in [3.05, 3.63) is 35.9 Å². The Morgan fingerprint density at radius 3 is 2.62 bits per heavy atom. The minimum Gasteiger partial charge on any atom is -0.355 e. The third-order valence-corrected chi connectivity index (χ3v) is 5.09. The number of hydrogen-bond donors (Lipinski definition) is 1. The fourth-order valence-corrected chi connectivity index (χ4v) is 3.57. The number of halogens is 1. The lowest BCUT2D eigenvalue weighted by molar-refractivity contribution is -0.123. The summed E-state index contributed by atoms with van der Waals surface area (Å²) < 4.78 is 0. The number of rotatable bonds is 6. The Labute approximate surface area is 133 Å². The average Bonchev–Trinajstić information content (AvgIpc) is 2.92. The van der Waals surface area contributed by atoms with Crippen molar-refractivity contribution in [3.63, 3.8) is 0 Å². The average molecular weight is 308 g/mol. The third kappa shape index (κ3) is 4.47. The molecule has 0 radical (unpaired) electrons. The van der Waals surface area contributed by atoms with Crippen molar-refractivity contribution in [1.82, 2.24) is 5.32 Å². The van der Waals surface area contributed by atoms with Crippen LogP contribution >= 0.6 is 11.6 Å². The second-order valence-electron chi connectivity index (χ2n) is 6.30. The summed E-state index contributed by atoms with van der Waals surface area (Å²) in [6, 6.07) is 10.1. The molecule has 1 aliphatic carbocycles. The topological polar surface area (TPSA) is 29.1 Å². The summed E-state index contributed by atoms with van der Waals surface area (Å²) in [7, 11) is 0. The van der Waals surface area contributed by atoms with Crippen molar-refractivity contribution in [2.45, 2.75) is 50.8 Å². The van der Waals surface area contributed by atoms with Gasteiger partial charge >= 0.3 is 0 Å². The lowest BCUT2D eigenvalue weighted by Gasteiger charge is -2.23. The van der Waals surface area contributed by atoms with E-state index in [0.29, 0.717) is 17.2 Å². The van der Waals surface area contributed by atoms with Crippen molar-refractivity contribution in [2.75, 3.05) is 6.54 Å². The SMILES string of the molecule is CCC(C)C(C(=O)NCC1CCC(Cl)C1)c1ccccc1. The van der Waals surface area contributed by atoms with Gasteiger partial charge in [0.1, 0.15) is 0 Å². The summed E-state index contributed by atoms with van der Waals surface area (Å²) in [6.07, 6.45) is 4.24. The summed E-state index contributed by atoms with van der Waals surface area (Å²) >= 11 is 6.14. The van der Waals surface area contributed by atoms with Crippen molar-refractivity contribution in [1.29, 1.82) is 0 Å². The second kappa shape index (κ2) is 7.84. The van der Waals surface area contributed by atoms with Gasteiger partial charge in [-0.3, -0.25) is 4.79 Å². The van der Waals surface area contributed by atoms with Crippen LogP contribution in [0.5, 0.6) is 0 Å². The van der Waals surface area contributed by atoms with Crippen LogP contribution in [0.25, 0.3) is 0 Å². The molecular formula is C18H26ClNO. The van der Waals surface area contributed by atoms with E-state index in [-0.39, 0.29) is 11.8 Å². The van der Waals surface area contributed by atoms with Gasteiger partial charge < -0.3 is 5.32 Å². The lowest BCUT2D eigenvalue weighted by Crippen LogP contribution is -2.35. The number of alkyl halides is 1. The highest BCUT2D eigenvalue weighted by atomic mass is 35.5. The van der Waals surface area contributed by atoms with Crippen molar-refractivity contribution >= 4 is 17.5 Å². The van der Waals surface area contributed by atoms with Gasteiger partial charge in [-0.15, -0.1) is 11.6 Å². The monoisotopic (exact) mass is 307 g/mol. The first-order valence-corrected chi connectivity index (χ1v) is 8.52. The van der Waals surface area contributed by atoms with Gasteiger partial charge in [0.2, 0.25) is 5.91 Å². The Hall–Kier alpha value is -1.02. The summed E-state index contributed by atoms with van der Waals surface area (Å²) in [5, 5.41) is 3.46. The number of hydrogen-bond acceptors (Lipinski definition) is 1. The molecule has 0 bridgehead atoms. The predicted octanol–water partition coefficient (Wildman–Crippen LogP) is 4.34. The molecule has 21 heavy (non-hydrogen) atoms. The van der Waals surface area contributed by atoms with Crippen molar-refractivity contribution < 1.29 is 4.79 Å². The molecule has 1 aliphatic rings. The summed E-state index contributed by atoms with van der Waals surface area (Å²) in [6.45, 7) is 5.06. The zero-order chi connectivity index (χ0) is 15.2. The molecule has 0 aromatic heterocycles. The standard InChI is InChI=1S/C18H26ClNO/c1-3-13(2)17(15-7-5-4-6-8-15)18(21)20-12-14-9-10-16(19)11-14/h4-8,13-14,16-17H,3,9-12H2,1-2H3,(H,20,21). The molecular weight excluding hydrogens is 282 g/mol. The maximum atomic E-state index is 12.6. The molecule has 4 atom stereocenters. The van der Waals surface area contributed by atoms with Crippen LogP contribution in [0, 0.1) is 11.8 Å². The molecule has 4 unspecified atom stereocenters. The lowest BCUT2D eigenvalue weighted by atomic mass is 9.85. The molecule has 2 rings (SSSR count). The van der Waals surface area contributed by atoms with Gasteiger partial charge in [0, 0.05) is 11.9 Å².